The van der Waals surface area contributed by atoms with E-state index in [1.807, 2.05) is 0 Å². The molecular formula is C19H28O4. The number of epoxide rings is 1. The quantitative estimate of drug-likeness (QED) is 0.322. The van der Waals surface area contributed by atoms with E-state index in [2.05, 4.69) is 26.5 Å². The van der Waals surface area contributed by atoms with Crippen molar-refractivity contribution in [2.75, 3.05) is 0 Å². The number of esters is 1. The average Bonchev–Trinajstić information content (AvgIpc) is 3.05. The first-order valence-corrected chi connectivity index (χ1v) is 8.82. The minimum atomic E-state index is -0.611. The summed E-state index contributed by atoms with van der Waals surface area (Å²) in [6.07, 6.45) is 7.85. The number of carbonyl (C=O) groups excluding carboxylic acids is 1. The maximum absolute atomic E-state index is 11.9. The van der Waals surface area contributed by atoms with E-state index in [1.165, 1.54) is 5.57 Å². The summed E-state index contributed by atoms with van der Waals surface area (Å²) >= 11 is 0. The zero-order valence-electron chi connectivity index (χ0n) is 14.2. The molecule has 2 heterocycles. The smallest absolute Gasteiger partial charge is 0.334 e. The number of ether oxygens (including phenoxy) is 2. The van der Waals surface area contributed by atoms with Gasteiger partial charge in [-0.3, -0.25) is 0 Å². The fourth-order valence-corrected chi connectivity index (χ4v) is 3.92. The minimum Gasteiger partial charge on any atom is -0.456 e. The maximum Gasteiger partial charge on any atom is 0.334 e. The van der Waals surface area contributed by atoms with Crippen molar-refractivity contribution in [1.29, 1.82) is 0 Å². The average molecular weight is 320 g/mol. The standard InChI is InChI=1S/C19H28O4/c1-12-7-4-5-9-15(20)17-14(13(2)18(21)22-17)11-16-19(3,23-16)10-6-8-12/h8,14-17,20H,2,4-7,9-11H2,1,3H3/b12-8+/t14-,15+,16-,17+,19+/m0/s1. The molecule has 4 nitrogen and oxygen atoms in total. The van der Waals surface area contributed by atoms with Gasteiger partial charge >= 0.3 is 5.97 Å². The van der Waals surface area contributed by atoms with Gasteiger partial charge in [0.25, 0.3) is 0 Å². The van der Waals surface area contributed by atoms with Crippen LogP contribution in [0.3, 0.4) is 0 Å². The highest BCUT2D eigenvalue weighted by atomic mass is 16.6. The van der Waals surface area contributed by atoms with E-state index in [0.29, 0.717) is 18.4 Å². The Morgan fingerprint density at radius 1 is 1.39 bits per heavy atom. The third kappa shape index (κ3) is 3.53. The molecule has 4 heteroatoms. The highest BCUT2D eigenvalue weighted by Crippen LogP contribution is 2.47. The molecule has 0 spiro atoms. The van der Waals surface area contributed by atoms with Gasteiger partial charge in [-0.1, -0.05) is 24.6 Å². The molecule has 0 radical (unpaired) electrons. The van der Waals surface area contributed by atoms with Crippen molar-refractivity contribution in [1.82, 2.24) is 0 Å². The first-order chi connectivity index (χ1) is 10.9. The number of hydrogen-bond donors (Lipinski definition) is 1. The van der Waals surface area contributed by atoms with Gasteiger partial charge in [0.1, 0.15) is 6.10 Å². The Morgan fingerprint density at radius 2 is 2.17 bits per heavy atom. The van der Waals surface area contributed by atoms with Gasteiger partial charge in [0.2, 0.25) is 0 Å². The van der Waals surface area contributed by atoms with Crippen LogP contribution in [-0.2, 0) is 14.3 Å². The molecule has 5 atom stereocenters. The predicted octanol–water partition coefficient (Wildman–Crippen LogP) is 3.29. The molecule has 23 heavy (non-hydrogen) atoms. The van der Waals surface area contributed by atoms with Crippen LogP contribution in [0, 0.1) is 5.92 Å². The van der Waals surface area contributed by atoms with E-state index in [9.17, 15) is 9.90 Å². The van der Waals surface area contributed by atoms with Crippen LogP contribution in [0.25, 0.3) is 0 Å². The fraction of sp³-hybridized carbons (Fsp3) is 0.737. The Kier molecular flexibility index (Phi) is 4.65. The van der Waals surface area contributed by atoms with Crippen molar-refractivity contribution in [2.45, 2.75) is 82.7 Å². The number of hydrogen-bond acceptors (Lipinski definition) is 4. The van der Waals surface area contributed by atoms with Crippen LogP contribution < -0.4 is 0 Å². The summed E-state index contributed by atoms with van der Waals surface area (Å²) in [5.74, 6) is -0.479. The third-order valence-corrected chi connectivity index (χ3v) is 5.69. The largest absolute Gasteiger partial charge is 0.456 e. The normalized spacial score (nSPS) is 44.4. The summed E-state index contributed by atoms with van der Waals surface area (Å²) < 4.78 is 11.3. The van der Waals surface area contributed by atoms with E-state index >= 15 is 0 Å². The van der Waals surface area contributed by atoms with E-state index in [-0.39, 0.29) is 23.6 Å². The Balaban J connectivity index is 1.75. The third-order valence-electron chi connectivity index (χ3n) is 5.69. The van der Waals surface area contributed by atoms with Crippen molar-refractivity contribution in [3.8, 4) is 0 Å². The van der Waals surface area contributed by atoms with Crippen LogP contribution in [0.1, 0.15) is 58.8 Å². The van der Waals surface area contributed by atoms with Crippen molar-refractivity contribution >= 4 is 5.97 Å². The number of fused-ring (bicyclic) bond motifs is 2. The summed E-state index contributed by atoms with van der Waals surface area (Å²) in [5.41, 5.74) is 1.80. The van der Waals surface area contributed by atoms with Crippen LogP contribution in [0.5, 0.6) is 0 Å². The Morgan fingerprint density at radius 3 is 2.96 bits per heavy atom. The van der Waals surface area contributed by atoms with Gasteiger partial charge in [0.15, 0.2) is 0 Å². The van der Waals surface area contributed by atoms with Crippen molar-refractivity contribution < 1.29 is 19.4 Å². The maximum atomic E-state index is 11.9. The van der Waals surface area contributed by atoms with Gasteiger partial charge in [-0.25, -0.2) is 4.79 Å². The fourth-order valence-electron chi connectivity index (χ4n) is 3.92. The SMILES string of the molecule is C=C1C(=O)O[C@H]2[C@H](O)CCCC/C(C)=C/CC[C@@]3(C)O[C@H]3C[C@@H]12. The van der Waals surface area contributed by atoms with Gasteiger partial charge in [0, 0.05) is 11.5 Å². The summed E-state index contributed by atoms with van der Waals surface area (Å²) in [6.45, 7) is 8.20. The lowest BCUT2D eigenvalue weighted by Crippen LogP contribution is -2.33. The molecule has 0 aromatic rings. The first kappa shape index (κ1) is 16.7. The highest BCUT2D eigenvalue weighted by Gasteiger charge is 2.55. The molecule has 0 bridgehead atoms. The first-order valence-electron chi connectivity index (χ1n) is 8.82. The Labute approximate surface area is 138 Å². The lowest BCUT2D eigenvalue weighted by atomic mass is 9.84. The van der Waals surface area contributed by atoms with Crippen LogP contribution in [0.15, 0.2) is 23.8 Å². The van der Waals surface area contributed by atoms with E-state index in [1.54, 1.807) is 0 Å². The predicted molar refractivity (Wildman–Crippen MR) is 87.9 cm³/mol. The zero-order valence-corrected chi connectivity index (χ0v) is 14.2. The molecule has 0 amide bonds. The molecule has 0 aromatic carbocycles. The lowest BCUT2D eigenvalue weighted by molar-refractivity contribution is -0.144. The lowest BCUT2D eigenvalue weighted by Gasteiger charge is -2.23. The van der Waals surface area contributed by atoms with Gasteiger partial charge in [-0.15, -0.1) is 0 Å². The molecule has 3 rings (SSSR count). The van der Waals surface area contributed by atoms with Crippen LogP contribution in [-0.4, -0.2) is 35.0 Å². The molecule has 0 unspecified atom stereocenters. The number of rotatable bonds is 0. The molecule has 1 aliphatic carbocycles. The summed E-state index contributed by atoms with van der Waals surface area (Å²) in [5, 5.41) is 10.5. The summed E-state index contributed by atoms with van der Waals surface area (Å²) in [6, 6.07) is 0. The number of aliphatic hydroxyl groups excluding tert-OH is 1. The molecule has 0 aromatic heterocycles. The zero-order chi connectivity index (χ0) is 16.6. The second-order valence-electron chi connectivity index (χ2n) is 7.56. The van der Waals surface area contributed by atoms with Crippen LogP contribution >= 0.6 is 0 Å². The number of carbonyl (C=O) groups is 1. The van der Waals surface area contributed by atoms with Gasteiger partial charge in [-0.2, -0.15) is 0 Å². The van der Waals surface area contributed by atoms with Crippen LogP contribution in [0.2, 0.25) is 0 Å². The number of aliphatic hydroxyl groups is 1. The van der Waals surface area contributed by atoms with Crippen molar-refractivity contribution in [3.05, 3.63) is 23.8 Å². The molecule has 128 valence electrons. The molecule has 0 saturated carbocycles. The summed E-state index contributed by atoms with van der Waals surface area (Å²) in [4.78, 5) is 11.9. The second-order valence-corrected chi connectivity index (χ2v) is 7.56. The van der Waals surface area contributed by atoms with Gasteiger partial charge < -0.3 is 14.6 Å². The molecular weight excluding hydrogens is 292 g/mol. The van der Waals surface area contributed by atoms with Gasteiger partial charge in [0.05, 0.1) is 17.8 Å². The molecule has 3 aliphatic rings. The van der Waals surface area contributed by atoms with E-state index in [4.69, 9.17) is 9.47 Å². The molecule has 1 N–H and O–H groups in total. The Bertz CT molecular complexity index is 523. The topological polar surface area (TPSA) is 59.1 Å². The Hall–Kier alpha value is -1.13. The molecule has 2 fully saturated rings. The van der Waals surface area contributed by atoms with E-state index < -0.39 is 12.2 Å². The van der Waals surface area contributed by atoms with Crippen LogP contribution in [0.4, 0.5) is 0 Å². The molecule has 2 aliphatic heterocycles. The molecule has 2 saturated heterocycles. The van der Waals surface area contributed by atoms with Crippen molar-refractivity contribution in [2.24, 2.45) is 5.92 Å². The monoisotopic (exact) mass is 320 g/mol. The summed E-state index contributed by atoms with van der Waals surface area (Å²) in [7, 11) is 0. The van der Waals surface area contributed by atoms with Gasteiger partial charge in [-0.05, 0) is 52.4 Å². The highest BCUT2D eigenvalue weighted by molar-refractivity contribution is 5.90. The second kappa shape index (κ2) is 6.40. The number of allylic oxidation sites excluding steroid dienone is 2. The van der Waals surface area contributed by atoms with Crippen molar-refractivity contribution in [3.63, 3.8) is 0 Å². The minimum absolute atomic E-state index is 0.109. The van der Waals surface area contributed by atoms with E-state index in [0.717, 1.165) is 32.1 Å².